The molecular formula is C13H12Cl2N-. The highest BCUT2D eigenvalue weighted by Gasteiger charge is 1.93. The number of nitrogens with one attached hydrogen (secondary N) is 1. The zero-order valence-corrected chi connectivity index (χ0v) is 10.2. The second-order valence-corrected chi connectivity index (χ2v) is 3.78. The summed E-state index contributed by atoms with van der Waals surface area (Å²) in [6, 6.07) is 18.0. The first kappa shape index (κ1) is 12.9. The van der Waals surface area contributed by atoms with Crippen molar-refractivity contribution in [2.24, 2.45) is 0 Å². The molecule has 0 atom stereocenters. The fraction of sp³-hybridized carbons (Fsp3) is 0.0769. The van der Waals surface area contributed by atoms with Crippen LogP contribution in [0.5, 0.6) is 0 Å². The second kappa shape index (κ2) is 6.41. The first-order valence-corrected chi connectivity index (χ1v) is 5.26. The lowest BCUT2D eigenvalue weighted by molar-refractivity contribution is -0.00000288. The van der Waals surface area contributed by atoms with Crippen molar-refractivity contribution in [1.29, 1.82) is 0 Å². The molecule has 0 bridgehead atoms. The summed E-state index contributed by atoms with van der Waals surface area (Å²) in [7, 11) is 0. The van der Waals surface area contributed by atoms with Crippen molar-refractivity contribution >= 4 is 17.3 Å². The second-order valence-electron chi connectivity index (χ2n) is 3.35. The molecule has 2 rings (SSSR count). The van der Waals surface area contributed by atoms with Gasteiger partial charge in [0.1, 0.15) is 0 Å². The van der Waals surface area contributed by atoms with Crippen LogP contribution in [0.2, 0.25) is 5.02 Å². The molecule has 0 aliphatic rings. The molecule has 0 heterocycles. The van der Waals surface area contributed by atoms with E-state index >= 15 is 0 Å². The number of halogens is 2. The molecule has 84 valence electrons. The highest BCUT2D eigenvalue weighted by atomic mass is 35.5. The molecule has 0 radical (unpaired) electrons. The van der Waals surface area contributed by atoms with Gasteiger partial charge >= 0.3 is 0 Å². The highest BCUT2D eigenvalue weighted by Crippen LogP contribution is 2.14. The molecule has 0 aliphatic heterocycles. The molecule has 0 saturated carbocycles. The van der Waals surface area contributed by atoms with E-state index in [1.165, 1.54) is 5.56 Å². The Bertz CT molecular complexity index is 412. The molecule has 0 aliphatic carbocycles. The average Bonchev–Trinajstić information content (AvgIpc) is 2.30. The van der Waals surface area contributed by atoms with Crippen molar-refractivity contribution in [2.45, 2.75) is 6.54 Å². The predicted octanol–water partition coefficient (Wildman–Crippen LogP) is 0.956. The minimum Gasteiger partial charge on any atom is -1.00 e. The topological polar surface area (TPSA) is 12.0 Å². The van der Waals surface area contributed by atoms with Crippen LogP contribution in [0, 0.1) is 0 Å². The van der Waals surface area contributed by atoms with Gasteiger partial charge in [-0.3, -0.25) is 0 Å². The standard InChI is InChI=1S/C13H12ClN.ClH/c14-12-6-8-13(9-7-12)15-10-11-4-2-1-3-5-11;/h1-9,15H,10H2;1H/p-1. The summed E-state index contributed by atoms with van der Waals surface area (Å²) < 4.78 is 0. The fourth-order valence-corrected chi connectivity index (χ4v) is 1.49. The van der Waals surface area contributed by atoms with Gasteiger partial charge in [0.05, 0.1) is 0 Å². The minimum atomic E-state index is 0. The van der Waals surface area contributed by atoms with Gasteiger partial charge in [0.2, 0.25) is 0 Å². The molecule has 3 heteroatoms. The summed E-state index contributed by atoms with van der Waals surface area (Å²) in [6.07, 6.45) is 0. The van der Waals surface area contributed by atoms with E-state index in [0.29, 0.717) is 0 Å². The summed E-state index contributed by atoms with van der Waals surface area (Å²) >= 11 is 5.80. The van der Waals surface area contributed by atoms with E-state index in [2.05, 4.69) is 17.4 Å². The molecule has 2 aromatic rings. The van der Waals surface area contributed by atoms with Crippen LogP contribution in [0.15, 0.2) is 54.6 Å². The van der Waals surface area contributed by atoms with E-state index in [1.54, 1.807) is 0 Å². The van der Waals surface area contributed by atoms with Gasteiger partial charge in [-0.15, -0.1) is 0 Å². The molecule has 16 heavy (non-hydrogen) atoms. The lowest BCUT2D eigenvalue weighted by Crippen LogP contribution is -3.00. The Morgan fingerprint density at radius 3 is 2.12 bits per heavy atom. The van der Waals surface area contributed by atoms with Crippen LogP contribution in [-0.2, 0) is 6.54 Å². The predicted molar refractivity (Wildman–Crippen MR) is 65.2 cm³/mol. The molecule has 0 unspecified atom stereocenters. The maximum absolute atomic E-state index is 5.80. The third kappa shape index (κ3) is 3.76. The van der Waals surface area contributed by atoms with Crippen LogP contribution in [0.4, 0.5) is 5.69 Å². The largest absolute Gasteiger partial charge is 1.00 e. The van der Waals surface area contributed by atoms with Crippen LogP contribution in [0.25, 0.3) is 0 Å². The summed E-state index contributed by atoms with van der Waals surface area (Å²) in [4.78, 5) is 0. The van der Waals surface area contributed by atoms with Crippen LogP contribution in [0.3, 0.4) is 0 Å². The van der Waals surface area contributed by atoms with Crippen LogP contribution < -0.4 is 17.7 Å². The lowest BCUT2D eigenvalue weighted by Gasteiger charge is -2.06. The molecule has 0 fully saturated rings. The molecule has 0 saturated heterocycles. The van der Waals surface area contributed by atoms with Crippen molar-refractivity contribution in [3.63, 3.8) is 0 Å². The Kier molecular flexibility index (Phi) is 5.17. The number of rotatable bonds is 3. The number of hydrogen-bond donors (Lipinski definition) is 1. The average molecular weight is 253 g/mol. The van der Waals surface area contributed by atoms with Crippen molar-refractivity contribution in [1.82, 2.24) is 0 Å². The minimum absolute atomic E-state index is 0. The van der Waals surface area contributed by atoms with E-state index < -0.39 is 0 Å². The van der Waals surface area contributed by atoms with Gasteiger partial charge in [0.25, 0.3) is 0 Å². The summed E-state index contributed by atoms with van der Waals surface area (Å²) in [5.74, 6) is 0. The Hall–Kier alpha value is -1.18. The van der Waals surface area contributed by atoms with Crippen LogP contribution >= 0.6 is 11.6 Å². The quantitative estimate of drug-likeness (QED) is 0.859. The van der Waals surface area contributed by atoms with Crippen molar-refractivity contribution in [3.8, 4) is 0 Å². The van der Waals surface area contributed by atoms with E-state index in [1.807, 2.05) is 42.5 Å². The van der Waals surface area contributed by atoms with Crippen molar-refractivity contribution in [2.75, 3.05) is 5.32 Å². The normalized spacial score (nSPS) is 9.31. The van der Waals surface area contributed by atoms with Gasteiger partial charge in [-0.1, -0.05) is 41.9 Å². The molecule has 1 N–H and O–H groups in total. The SMILES string of the molecule is Clc1ccc(NCc2ccccc2)cc1.[Cl-]. The molecule has 2 aromatic carbocycles. The maximum Gasteiger partial charge on any atom is 0.0407 e. The summed E-state index contributed by atoms with van der Waals surface area (Å²) in [5, 5.41) is 4.09. The van der Waals surface area contributed by atoms with Gasteiger partial charge in [-0.25, -0.2) is 0 Å². The molecule has 0 aromatic heterocycles. The van der Waals surface area contributed by atoms with Crippen LogP contribution in [0.1, 0.15) is 5.56 Å². The zero-order chi connectivity index (χ0) is 10.5. The zero-order valence-electron chi connectivity index (χ0n) is 8.66. The number of anilines is 1. The Balaban J connectivity index is 0.00000128. The first-order valence-electron chi connectivity index (χ1n) is 4.88. The van der Waals surface area contributed by atoms with Crippen LogP contribution in [-0.4, -0.2) is 0 Å². The number of benzene rings is 2. The summed E-state index contributed by atoms with van der Waals surface area (Å²) in [6.45, 7) is 0.836. The molecular weight excluding hydrogens is 241 g/mol. The Morgan fingerprint density at radius 2 is 1.50 bits per heavy atom. The molecule has 0 amide bonds. The van der Waals surface area contributed by atoms with Gasteiger partial charge in [-0.05, 0) is 29.8 Å². The van der Waals surface area contributed by atoms with Crippen molar-refractivity contribution < 1.29 is 12.4 Å². The highest BCUT2D eigenvalue weighted by molar-refractivity contribution is 6.30. The van der Waals surface area contributed by atoms with E-state index in [4.69, 9.17) is 11.6 Å². The van der Waals surface area contributed by atoms with Gasteiger partial charge in [-0.2, -0.15) is 0 Å². The Labute approximate surface area is 107 Å². The van der Waals surface area contributed by atoms with E-state index in [-0.39, 0.29) is 12.4 Å². The Morgan fingerprint density at radius 1 is 0.875 bits per heavy atom. The monoisotopic (exact) mass is 252 g/mol. The first-order chi connectivity index (χ1) is 7.34. The lowest BCUT2D eigenvalue weighted by atomic mass is 10.2. The third-order valence-corrected chi connectivity index (χ3v) is 2.44. The van der Waals surface area contributed by atoms with E-state index in [0.717, 1.165) is 17.3 Å². The van der Waals surface area contributed by atoms with Gasteiger partial charge < -0.3 is 17.7 Å². The smallest absolute Gasteiger partial charge is 0.0407 e. The summed E-state index contributed by atoms with van der Waals surface area (Å²) in [5.41, 5.74) is 2.36. The third-order valence-electron chi connectivity index (χ3n) is 2.18. The molecule has 1 nitrogen and oxygen atoms in total. The molecule has 0 spiro atoms. The maximum atomic E-state index is 5.80. The van der Waals surface area contributed by atoms with Gasteiger partial charge in [0, 0.05) is 17.3 Å². The number of hydrogen-bond acceptors (Lipinski definition) is 1. The van der Waals surface area contributed by atoms with Crippen molar-refractivity contribution in [3.05, 3.63) is 65.2 Å². The van der Waals surface area contributed by atoms with E-state index in [9.17, 15) is 0 Å². The fourth-order valence-electron chi connectivity index (χ4n) is 1.37. The van der Waals surface area contributed by atoms with Gasteiger partial charge in [0.15, 0.2) is 0 Å².